The number of benzene rings is 2. The third-order valence-corrected chi connectivity index (χ3v) is 3.85. The molecule has 2 aromatic carbocycles. The second kappa shape index (κ2) is 6.42. The third kappa shape index (κ3) is 3.50. The molecule has 0 heterocycles. The van der Waals surface area contributed by atoms with E-state index < -0.39 is 0 Å². The fourth-order valence-electron chi connectivity index (χ4n) is 2.00. The van der Waals surface area contributed by atoms with Crippen LogP contribution in [-0.4, -0.2) is 7.11 Å². The summed E-state index contributed by atoms with van der Waals surface area (Å²) in [6.45, 7) is 0. The van der Waals surface area contributed by atoms with Gasteiger partial charge in [-0.2, -0.15) is 0 Å². The van der Waals surface area contributed by atoms with Crippen LogP contribution >= 0.6 is 27.5 Å². The SMILES string of the molecule is COc1cc(Br)ccc1C(N)Cc1ccccc1Cl. The molecule has 0 amide bonds. The van der Waals surface area contributed by atoms with Gasteiger partial charge in [-0.25, -0.2) is 0 Å². The van der Waals surface area contributed by atoms with Crippen LogP contribution in [-0.2, 0) is 6.42 Å². The Morgan fingerprint density at radius 2 is 2.00 bits per heavy atom. The second-order valence-electron chi connectivity index (χ2n) is 4.29. The highest BCUT2D eigenvalue weighted by Gasteiger charge is 2.14. The van der Waals surface area contributed by atoms with Gasteiger partial charge in [0.25, 0.3) is 0 Å². The Morgan fingerprint density at radius 1 is 1.26 bits per heavy atom. The Labute approximate surface area is 126 Å². The van der Waals surface area contributed by atoms with Crippen molar-refractivity contribution in [2.24, 2.45) is 5.73 Å². The van der Waals surface area contributed by atoms with Crippen molar-refractivity contribution in [1.82, 2.24) is 0 Å². The maximum Gasteiger partial charge on any atom is 0.124 e. The lowest BCUT2D eigenvalue weighted by molar-refractivity contribution is 0.405. The van der Waals surface area contributed by atoms with Gasteiger partial charge in [-0.15, -0.1) is 0 Å². The van der Waals surface area contributed by atoms with E-state index in [2.05, 4.69) is 15.9 Å². The number of ether oxygens (including phenoxy) is 1. The first kappa shape index (κ1) is 14.4. The molecule has 0 fully saturated rings. The van der Waals surface area contributed by atoms with Crippen molar-refractivity contribution in [3.05, 3.63) is 63.1 Å². The molecule has 0 spiro atoms. The van der Waals surface area contributed by atoms with Crippen LogP contribution in [0.25, 0.3) is 0 Å². The number of nitrogens with two attached hydrogens (primary N) is 1. The molecule has 19 heavy (non-hydrogen) atoms. The van der Waals surface area contributed by atoms with E-state index in [1.165, 1.54) is 0 Å². The molecule has 0 saturated carbocycles. The Morgan fingerprint density at radius 3 is 2.68 bits per heavy atom. The van der Waals surface area contributed by atoms with Crippen LogP contribution in [0.4, 0.5) is 0 Å². The molecular weight excluding hydrogens is 326 g/mol. The van der Waals surface area contributed by atoms with Crippen LogP contribution < -0.4 is 10.5 Å². The molecule has 0 aliphatic heterocycles. The average molecular weight is 341 g/mol. The first-order valence-electron chi connectivity index (χ1n) is 5.94. The van der Waals surface area contributed by atoms with Gasteiger partial charge in [0.15, 0.2) is 0 Å². The van der Waals surface area contributed by atoms with Gasteiger partial charge in [0.05, 0.1) is 7.11 Å². The van der Waals surface area contributed by atoms with Gasteiger partial charge in [0.2, 0.25) is 0 Å². The summed E-state index contributed by atoms with van der Waals surface area (Å²) in [5.74, 6) is 0.786. The molecule has 1 unspecified atom stereocenters. The van der Waals surface area contributed by atoms with E-state index in [0.29, 0.717) is 6.42 Å². The monoisotopic (exact) mass is 339 g/mol. The third-order valence-electron chi connectivity index (χ3n) is 2.99. The van der Waals surface area contributed by atoms with Crippen molar-refractivity contribution < 1.29 is 4.74 Å². The minimum absolute atomic E-state index is 0.150. The van der Waals surface area contributed by atoms with Crippen molar-refractivity contribution in [3.8, 4) is 5.75 Å². The highest BCUT2D eigenvalue weighted by Crippen LogP contribution is 2.30. The average Bonchev–Trinajstić information content (AvgIpc) is 2.41. The van der Waals surface area contributed by atoms with E-state index in [4.69, 9.17) is 22.1 Å². The molecule has 2 aromatic rings. The van der Waals surface area contributed by atoms with E-state index in [9.17, 15) is 0 Å². The first-order valence-corrected chi connectivity index (χ1v) is 7.11. The predicted octanol–water partition coefficient (Wildman–Crippen LogP) is 4.35. The lowest BCUT2D eigenvalue weighted by Crippen LogP contribution is -2.14. The Balaban J connectivity index is 2.25. The zero-order valence-corrected chi connectivity index (χ0v) is 12.9. The summed E-state index contributed by atoms with van der Waals surface area (Å²) >= 11 is 9.58. The highest BCUT2D eigenvalue weighted by atomic mass is 79.9. The summed E-state index contributed by atoms with van der Waals surface area (Å²) < 4.78 is 6.34. The Hall–Kier alpha value is -1.03. The molecule has 0 bridgehead atoms. The lowest BCUT2D eigenvalue weighted by Gasteiger charge is -2.16. The smallest absolute Gasteiger partial charge is 0.124 e. The van der Waals surface area contributed by atoms with Gasteiger partial charge in [-0.3, -0.25) is 0 Å². The van der Waals surface area contributed by atoms with E-state index >= 15 is 0 Å². The molecule has 0 aromatic heterocycles. The number of halogens is 2. The van der Waals surface area contributed by atoms with Crippen LogP contribution in [0, 0.1) is 0 Å². The number of hydrogen-bond acceptors (Lipinski definition) is 2. The fraction of sp³-hybridized carbons (Fsp3) is 0.200. The number of rotatable bonds is 4. The van der Waals surface area contributed by atoms with E-state index in [1.807, 2.05) is 42.5 Å². The van der Waals surface area contributed by atoms with E-state index in [-0.39, 0.29) is 6.04 Å². The standard InChI is InChI=1S/C15H15BrClNO/c1-19-15-9-11(16)6-7-12(15)14(18)8-10-4-2-3-5-13(10)17/h2-7,9,14H,8,18H2,1H3. The Bertz CT molecular complexity index is 574. The molecule has 1 atom stereocenters. The van der Waals surface area contributed by atoms with E-state index in [1.54, 1.807) is 7.11 Å². The molecule has 0 radical (unpaired) electrons. The van der Waals surface area contributed by atoms with Crippen molar-refractivity contribution in [3.63, 3.8) is 0 Å². The molecule has 2 rings (SSSR count). The molecule has 0 aliphatic rings. The van der Waals surface area contributed by atoms with Gasteiger partial charge in [-0.05, 0) is 30.2 Å². The number of hydrogen-bond donors (Lipinski definition) is 1. The molecule has 0 aliphatic carbocycles. The summed E-state index contributed by atoms with van der Waals surface area (Å²) in [5, 5.41) is 0.744. The van der Waals surface area contributed by atoms with Crippen LogP contribution in [0.15, 0.2) is 46.9 Å². The predicted molar refractivity (Wildman–Crippen MR) is 82.8 cm³/mol. The maximum absolute atomic E-state index is 6.27. The summed E-state index contributed by atoms with van der Waals surface area (Å²) in [7, 11) is 1.65. The topological polar surface area (TPSA) is 35.2 Å². The van der Waals surface area contributed by atoms with Gasteiger partial charge >= 0.3 is 0 Å². The van der Waals surface area contributed by atoms with Crippen LogP contribution in [0.2, 0.25) is 5.02 Å². The van der Waals surface area contributed by atoms with Gasteiger partial charge in [-0.1, -0.05) is 51.8 Å². The van der Waals surface area contributed by atoms with Crippen molar-refractivity contribution in [2.75, 3.05) is 7.11 Å². The molecular formula is C15H15BrClNO. The Kier molecular flexibility index (Phi) is 4.86. The zero-order chi connectivity index (χ0) is 13.8. The summed E-state index contributed by atoms with van der Waals surface area (Å²) in [4.78, 5) is 0. The van der Waals surface area contributed by atoms with Crippen molar-refractivity contribution >= 4 is 27.5 Å². The maximum atomic E-state index is 6.27. The molecule has 100 valence electrons. The summed E-state index contributed by atoms with van der Waals surface area (Å²) in [6, 6.07) is 13.5. The fourth-order valence-corrected chi connectivity index (χ4v) is 2.56. The molecule has 2 N–H and O–H groups in total. The minimum Gasteiger partial charge on any atom is -0.496 e. The highest BCUT2D eigenvalue weighted by molar-refractivity contribution is 9.10. The van der Waals surface area contributed by atoms with Gasteiger partial charge in [0.1, 0.15) is 5.75 Å². The largest absolute Gasteiger partial charge is 0.496 e. The number of methoxy groups -OCH3 is 1. The van der Waals surface area contributed by atoms with Crippen molar-refractivity contribution in [2.45, 2.75) is 12.5 Å². The van der Waals surface area contributed by atoms with Gasteiger partial charge < -0.3 is 10.5 Å². The quantitative estimate of drug-likeness (QED) is 0.898. The van der Waals surface area contributed by atoms with Crippen LogP contribution in [0.5, 0.6) is 5.75 Å². The zero-order valence-electron chi connectivity index (χ0n) is 10.6. The normalized spacial score (nSPS) is 12.2. The first-order chi connectivity index (χ1) is 9.11. The molecule has 2 nitrogen and oxygen atoms in total. The van der Waals surface area contributed by atoms with Crippen LogP contribution in [0.1, 0.15) is 17.2 Å². The summed E-state index contributed by atoms with van der Waals surface area (Å²) in [6.07, 6.45) is 0.678. The lowest BCUT2D eigenvalue weighted by atomic mass is 9.99. The minimum atomic E-state index is -0.150. The molecule has 0 saturated heterocycles. The van der Waals surface area contributed by atoms with Crippen molar-refractivity contribution in [1.29, 1.82) is 0 Å². The van der Waals surface area contributed by atoms with Gasteiger partial charge in [0, 0.05) is 21.1 Å². The van der Waals surface area contributed by atoms with Crippen LogP contribution in [0.3, 0.4) is 0 Å². The van der Waals surface area contributed by atoms with E-state index in [0.717, 1.165) is 26.4 Å². The second-order valence-corrected chi connectivity index (χ2v) is 5.61. The summed E-state index contributed by atoms with van der Waals surface area (Å²) in [5.41, 5.74) is 8.29. The molecule has 4 heteroatoms.